The number of rotatable bonds is 3. The molecule has 0 amide bonds. The van der Waals surface area contributed by atoms with E-state index in [0.29, 0.717) is 5.92 Å². The lowest BCUT2D eigenvalue weighted by Crippen LogP contribution is -2.00. The van der Waals surface area contributed by atoms with Gasteiger partial charge in [0, 0.05) is 24.6 Å². The molecule has 0 atom stereocenters. The van der Waals surface area contributed by atoms with Gasteiger partial charge in [-0.25, -0.2) is 14.4 Å². The van der Waals surface area contributed by atoms with E-state index in [4.69, 9.17) is 0 Å². The van der Waals surface area contributed by atoms with Crippen molar-refractivity contribution in [2.45, 2.75) is 18.8 Å². The summed E-state index contributed by atoms with van der Waals surface area (Å²) >= 11 is 0. The second-order valence-electron chi connectivity index (χ2n) is 4.53. The van der Waals surface area contributed by atoms with Crippen LogP contribution in [0.5, 0.6) is 0 Å². The lowest BCUT2D eigenvalue weighted by atomic mass is 10.1. The van der Waals surface area contributed by atoms with E-state index in [1.165, 1.54) is 12.1 Å². The molecule has 18 heavy (non-hydrogen) atoms. The van der Waals surface area contributed by atoms with Gasteiger partial charge in [-0.15, -0.1) is 0 Å². The molecule has 0 aliphatic heterocycles. The number of nitrogens with zero attached hydrogens (tertiary/aromatic N) is 2. The van der Waals surface area contributed by atoms with Crippen molar-refractivity contribution in [3.8, 4) is 11.3 Å². The maximum Gasteiger partial charge on any atom is 0.134 e. The Bertz CT molecular complexity index is 562. The molecule has 92 valence electrons. The number of benzene rings is 1. The van der Waals surface area contributed by atoms with Crippen LogP contribution < -0.4 is 5.32 Å². The zero-order chi connectivity index (χ0) is 12.5. The Hall–Kier alpha value is -1.97. The smallest absolute Gasteiger partial charge is 0.134 e. The SMILES string of the molecule is CNc1cc(-c2ccc(F)cc2)nc(C2CC2)n1. The molecule has 1 fully saturated rings. The Balaban J connectivity index is 2.04. The van der Waals surface area contributed by atoms with Gasteiger partial charge in [0.1, 0.15) is 17.5 Å². The predicted octanol–water partition coefficient (Wildman–Crippen LogP) is 3.20. The number of hydrogen-bond donors (Lipinski definition) is 1. The summed E-state index contributed by atoms with van der Waals surface area (Å²) in [6.45, 7) is 0. The summed E-state index contributed by atoms with van der Waals surface area (Å²) in [6, 6.07) is 8.28. The van der Waals surface area contributed by atoms with Crippen LogP contribution in [0.1, 0.15) is 24.6 Å². The van der Waals surface area contributed by atoms with Crippen LogP contribution in [0, 0.1) is 5.82 Å². The van der Waals surface area contributed by atoms with Gasteiger partial charge in [-0.1, -0.05) is 0 Å². The van der Waals surface area contributed by atoms with Crippen LogP contribution in [0.4, 0.5) is 10.2 Å². The Morgan fingerprint density at radius 3 is 2.50 bits per heavy atom. The van der Waals surface area contributed by atoms with E-state index in [9.17, 15) is 4.39 Å². The largest absolute Gasteiger partial charge is 0.373 e. The molecule has 4 heteroatoms. The summed E-state index contributed by atoms with van der Waals surface area (Å²) in [6.07, 6.45) is 2.33. The highest BCUT2D eigenvalue weighted by Gasteiger charge is 2.27. The minimum absolute atomic E-state index is 0.232. The molecule has 0 unspecified atom stereocenters. The highest BCUT2D eigenvalue weighted by Crippen LogP contribution is 2.39. The van der Waals surface area contributed by atoms with Gasteiger partial charge in [-0.05, 0) is 37.1 Å². The van der Waals surface area contributed by atoms with Gasteiger partial charge < -0.3 is 5.32 Å². The minimum Gasteiger partial charge on any atom is -0.373 e. The summed E-state index contributed by atoms with van der Waals surface area (Å²) < 4.78 is 12.9. The van der Waals surface area contributed by atoms with Crippen molar-refractivity contribution in [3.63, 3.8) is 0 Å². The average Bonchev–Trinajstić information content (AvgIpc) is 3.23. The first-order valence-electron chi connectivity index (χ1n) is 6.09. The third-order valence-corrected chi connectivity index (χ3v) is 3.08. The first kappa shape index (κ1) is 11.1. The maximum absolute atomic E-state index is 12.9. The van der Waals surface area contributed by atoms with Crippen LogP contribution >= 0.6 is 0 Å². The summed E-state index contributed by atoms with van der Waals surface area (Å²) in [5.74, 6) is 1.97. The van der Waals surface area contributed by atoms with Crippen LogP contribution in [-0.2, 0) is 0 Å². The van der Waals surface area contributed by atoms with Crippen molar-refractivity contribution < 1.29 is 4.39 Å². The zero-order valence-electron chi connectivity index (χ0n) is 10.2. The van der Waals surface area contributed by atoms with Crippen molar-refractivity contribution >= 4 is 5.82 Å². The fraction of sp³-hybridized carbons (Fsp3) is 0.286. The van der Waals surface area contributed by atoms with Crippen LogP contribution in [-0.4, -0.2) is 17.0 Å². The summed E-state index contributed by atoms with van der Waals surface area (Å²) in [5, 5.41) is 3.05. The van der Waals surface area contributed by atoms with Gasteiger partial charge >= 0.3 is 0 Å². The number of hydrogen-bond acceptors (Lipinski definition) is 3. The van der Waals surface area contributed by atoms with Crippen molar-refractivity contribution in [1.82, 2.24) is 9.97 Å². The lowest BCUT2D eigenvalue weighted by molar-refractivity contribution is 0.628. The Morgan fingerprint density at radius 1 is 1.17 bits per heavy atom. The van der Waals surface area contributed by atoms with E-state index < -0.39 is 0 Å². The van der Waals surface area contributed by atoms with Crippen LogP contribution in [0.25, 0.3) is 11.3 Å². The van der Waals surface area contributed by atoms with Gasteiger partial charge in [0.05, 0.1) is 5.69 Å². The molecule has 0 bridgehead atoms. The average molecular weight is 243 g/mol. The molecule has 1 aromatic carbocycles. The van der Waals surface area contributed by atoms with E-state index in [2.05, 4.69) is 15.3 Å². The molecule has 1 N–H and O–H groups in total. The first-order chi connectivity index (χ1) is 8.76. The monoisotopic (exact) mass is 243 g/mol. The molecule has 1 saturated carbocycles. The van der Waals surface area contributed by atoms with Crippen molar-refractivity contribution in [2.24, 2.45) is 0 Å². The van der Waals surface area contributed by atoms with Crippen LogP contribution in [0.2, 0.25) is 0 Å². The fourth-order valence-electron chi connectivity index (χ4n) is 1.89. The molecular formula is C14H14FN3. The van der Waals surface area contributed by atoms with Crippen LogP contribution in [0.3, 0.4) is 0 Å². The van der Waals surface area contributed by atoms with Crippen molar-refractivity contribution in [3.05, 3.63) is 42.0 Å². The standard InChI is InChI=1S/C14H14FN3/c1-16-13-8-12(9-4-6-11(15)7-5-9)17-14(18-13)10-2-3-10/h4-8,10H,2-3H2,1H3,(H,16,17,18). The highest BCUT2D eigenvalue weighted by atomic mass is 19.1. The van der Waals surface area contributed by atoms with Gasteiger partial charge in [-0.3, -0.25) is 0 Å². The molecule has 1 aliphatic carbocycles. The molecule has 1 aromatic heterocycles. The zero-order valence-corrected chi connectivity index (χ0v) is 10.2. The van der Waals surface area contributed by atoms with E-state index in [-0.39, 0.29) is 5.82 Å². The Morgan fingerprint density at radius 2 is 1.89 bits per heavy atom. The van der Waals surface area contributed by atoms with Gasteiger partial charge in [0.25, 0.3) is 0 Å². The molecule has 3 nitrogen and oxygen atoms in total. The molecule has 0 spiro atoms. The fourth-order valence-corrected chi connectivity index (χ4v) is 1.89. The van der Waals surface area contributed by atoms with Crippen LogP contribution in [0.15, 0.2) is 30.3 Å². The Labute approximate surface area is 105 Å². The number of halogens is 1. The minimum atomic E-state index is -0.232. The van der Waals surface area contributed by atoms with Gasteiger partial charge in [0.15, 0.2) is 0 Å². The van der Waals surface area contributed by atoms with E-state index >= 15 is 0 Å². The maximum atomic E-state index is 12.9. The molecular weight excluding hydrogens is 229 g/mol. The summed E-state index contributed by atoms with van der Waals surface area (Å²) in [7, 11) is 1.84. The lowest BCUT2D eigenvalue weighted by Gasteiger charge is -2.07. The predicted molar refractivity (Wildman–Crippen MR) is 68.9 cm³/mol. The summed E-state index contributed by atoms with van der Waals surface area (Å²) in [5.41, 5.74) is 1.76. The van der Waals surface area contributed by atoms with E-state index in [1.54, 1.807) is 12.1 Å². The van der Waals surface area contributed by atoms with E-state index in [1.807, 2.05) is 13.1 Å². The second-order valence-corrected chi connectivity index (χ2v) is 4.53. The van der Waals surface area contributed by atoms with Crippen molar-refractivity contribution in [2.75, 3.05) is 12.4 Å². The molecule has 0 saturated heterocycles. The molecule has 2 aromatic rings. The van der Waals surface area contributed by atoms with E-state index in [0.717, 1.165) is 35.7 Å². The number of aromatic nitrogens is 2. The molecule has 3 rings (SSSR count). The summed E-state index contributed by atoms with van der Waals surface area (Å²) in [4.78, 5) is 9.03. The number of nitrogens with one attached hydrogen (secondary N) is 1. The third-order valence-electron chi connectivity index (χ3n) is 3.08. The normalized spacial score (nSPS) is 14.6. The van der Waals surface area contributed by atoms with Crippen molar-refractivity contribution in [1.29, 1.82) is 0 Å². The molecule has 1 aliphatic rings. The molecule has 1 heterocycles. The Kier molecular flexibility index (Phi) is 2.70. The third kappa shape index (κ3) is 2.18. The highest BCUT2D eigenvalue weighted by molar-refractivity contribution is 5.62. The number of anilines is 1. The quantitative estimate of drug-likeness (QED) is 0.899. The molecule has 0 radical (unpaired) electrons. The van der Waals surface area contributed by atoms with Gasteiger partial charge in [-0.2, -0.15) is 0 Å². The first-order valence-corrected chi connectivity index (χ1v) is 6.09. The van der Waals surface area contributed by atoms with Gasteiger partial charge in [0.2, 0.25) is 0 Å². The topological polar surface area (TPSA) is 37.8 Å². The second kappa shape index (κ2) is 4.37.